The van der Waals surface area contributed by atoms with E-state index in [1.54, 1.807) is 6.07 Å². The number of phenolic OH excluding ortho intramolecular Hbond substituents is 1. The topological polar surface area (TPSA) is 32.3 Å². The number of phenols is 1. The van der Waals surface area contributed by atoms with Gasteiger partial charge in [0.25, 0.3) is 0 Å². The predicted octanol–water partition coefficient (Wildman–Crippen LogP) is 5.80. The second-order valence-electron chi connectivity index (χ2n) is 6.21. The normalized spacial score (nSPS) is 12.8. The summed E-state index contributed by atoms with van der Waals surface area (Å²) in [6, 6.07) is 5.88. The molecular weight excluding hydrogens is 326 g/mol. The van der Waals surface area contributed by atoms with Crippen molar-refractivity contribution in [2.24, 2.45) is 5.92 Å². The van der Waals surface area contributed by atoms with E-state index in [1.165, 1.54) is 32.1 Å². The van der Waals surface area contributed by atoms with E-state index in [0.717, 1.165) is 28.9 Å². The average molecular weight is 356 g/mol. The second-order valence-corrected chi connectivity index (χ2v) is 7.13. The summed E-state index contributed by atoms with van der Waals surface area (Å²) < 4.78 is 1.02. The van der Waals surface area contributed by atoms with Gasteiger partial charge in [-0.05, 0) is 43.5 Å². The maximum Gasteiger partial charge on any atom is 0.120 e. The van der Waals surface area contributed by atoms with Crippen LogP contribution in [0.5, 0.6) is 5.75 Å². The summed E-state index contributed by atoms with van der Waals surface area (Å²) in [4.78, 5) is 0. The lowest BCUT2D eigenvalue weighted by molar-refractivity contribution is 0.435. The third kappa shape index (κ3) is 7.32. The number of unbranched alkanes of at least 4 members (excludes halogenated alkanes) is 3. The molecule has 1 aromatic carbocycles. The van der Waals surface area contributed by atoms with E-state index >= 15 is 0 Å². The van der Waals surface area contributed by atoms with E-state index in [9.17, 15) is 5.11 Å². The van der Waals surface area contributed by atoms with E-state index in [1.807, 2.05) is 12.1 Å². The molecular formula is C18H30BrNO. The minimum absolute atomic E-state index is 0.234. The summed E-state index contributed by atoms with van der Waals surface area (Å²) in [6.45, 7) is 7.75. The number of benzene rings is 1. The van der Waals surface area contributed by atoms with Crippen LogP contribution in [-0.2, 0) is 0 Å². The van der Waals surface area contributed by atoms with Gasteiger partial charge in [-0.1, -0.05) is 62.4 Å². The van der Waals surface area contributed by atoms with Crippen LogP contribution in [0.15, 0.2) is 22.7 Å². The molecule has 0 aliphatic carbocycles. The van der Waals surface area contributed by atoms with E-state index in [-0.39, 0.29) is 6.04 Å². The smallest absolute Gasteiger partial charge is 0.120 e. The SMILES string of the molecule is CCC(NCCCCCCC(C)C)c1cc(Br)ccc1O. The summed E-state index contributed by atoms with van der Waals surface area (Å²) in [5.74, 6) is 1.21. The maximum absolute atomic E-state index is 10.0. The van der Waals surface area contributed by atoms with Crippen molar-refractivity contribution in [3.8, 4) is 5.75 Å². The number of hydrogen-bond donors (Lipinski definition) is 2. The average Bonchev–Trinajstić information content (AvgIpc) is 2.45. The molecule has 2 nitrogen and oxygen atoms in total. The van der Waals surface area contributed by atoms with Gasteiger partial charge in [-0.3, -0.25) is 0 Å². The molecule has 21 heavy (non-hydrogen) atoms. The summed E-state index contributed by atoms with van der Waals surface area (Å²) in [7, 11) is 0. The molecule has 0 radical (unpaired) electrons. The van der Waals surface area contributed by atoms with E-state index in [2.05, 4.69) is 42.0 Å². The van der Waals surface area contributed by atoms with Gasteiger partial charge in [0.2, 0.25) is 0 Å². The van der Waals surface area contributed by atoms with Gasteiger partial charge in [-0.15, -0.1) is 0 Å². The van der Waals surface area contributed by atoms with Gasteiger partial charge < -0.3 is 10.4 Å². The molecule has 3 heteroatoms. The lowest BCUT2D eigenvalue weighted by Gasteiger charge is -2.19. The molecule has 0 aliphatic heterocycles. The molecule has 0 spiro atoms. The standard InChI is InChI=1S/C18H30BrNO/c1-4-17(16-13-15(19)10-11-18(16)21)20-12-8-6-5-7-9-14(2)3/h10-11,13-14,17,20-21H,4-9,12H2,1-3H3. The molecule has 2 N–H and O–H groups in total. The molecule has 0 aliphatic rings. The van der Waals surface area contributed by atoms with Crippen LogP contribution in [0, 0.1) is 5.92 Å². The van der Waals surface area contributed by atoms with Crippen LogP contribution in [0.4, 0.5) is 0 Å². The molecule has 120 valence electrons. The Morgan fingerprint density at radius 3 is 2.52 bits per heavy atom. The highest BCUT2D eigenvalue weighted by Crippen LogP contribution is 2.29. The van der Waals surface area contributed by atoms with Crippen LogP contribution in [0.3, 0.4) is 0 Å². The Morgan fingerprint density at radius 2 is 1.86 bits per heavy atom. The third-order valence-electron chi connectivity index (χ3n) is 3.87. The first-order chi connectivity index (χ1) is 10.0. The largest absolute Gasteiger partial charge is 0.508 e. The summed E-state index contributed by atoms with van der Waals surface area (Å²) in [6.07, 6.45) is 7.51. The quantitative estimate of drug-likeness (QED) is 0.519. The van der Waals surface area contributed by atoms with Crippen molar-refractivity contribution in [1.29, 1.82) is 0 Å². The van der Waals surface area contributed by atoms with Crippen LogP contribution >= 0.6 is 15.9 Å². The molecule has 0 aromatic heterocycles. The number of rotatable bonds is 10. The highest BCUT2D eigenvalue weighted by Gasteiger charge is 2.13. The fraction of sp³-hybridized carbons (Fsp3) is 0.667. The third-order valence-corrected chi connectivity index (χ3v) is 4.37. The Morgan fingerprint density at radius 1 is 1.14 bits per heavy atom. The van der Waals surface area contributed by atoms with E-state index in [4.69, 9.17) is 0 Å². The monoisotopic (exact) mass is 355 g/mol. The van der Waals surface area contributed by atoms with Crippen molar-refractivity contribution in [3.05, 3.63) is 28.2 Å². The van der Waals surface area contributed by atoms with Gasteiger partial charge in [0.1, 0.15) is 5.75 Å². The Balaban J connectivity index is 2.30. The molecule has 1 atom stereocenters. The van der Waals surface area contributed by atoms with Crippen molar-refractivity contribution in [2.75, 3.05) is 6.54 Å². The highest BCUT2D eigenvalue weighted by atomic mass is 79.9. The van der Waals surface area contributed by atoms with E-state index in [0.29, 0.717) is 5.75 Å². The molecule has 0 saturated carbocycles. The molecule has 0 bridgehead atoms. The summed E-state index contributed by atoms with van der Waals surface area (Å²) in [5, 5.41) is 13.6. The van der Waals surface area contributed by atoms with Crippen LogP contribution < -0.4 is 5.32 Å². The first-order valence-corrected chi connectivity index (χ1v) is 9.05. The van der Waals surface area contributed by atoms with Crippen molar-refractivity contribution in [3.63, 3.8) is 0 Å². The first-order valence-electron chi connectivity index (χ1n) is 8.26. The van der Waals surface area contributed by atoms with E-state index < -0.39 is 0 Å². The minimum atomic E-state index is 0.234. The number of halogens is 1. The molecule has 0 amide bonds. The van der Waals surface area contributed by atoms with Gasteiger partial charge in [-0.2, -0.15) is 0 Å². The molecule has 1 rings (SSSR count). The molecule has 0 heterocycles. The van der Waals surface area contributed by atoms with Crippen LogP contribution in [0.2, 0.25) is 0 Å². The molecule has 1 unspecified atom stereocenters. The Hall–Kier alpha value is -0.540. The Labute approximate surface area is 138 Å². The Bertz CT molecular complexity index is 406. The lowest BCUT2D eigenvalue weighted by Crippen LogP contribution is -2.22. The molecule has 1 aromatic rings. The number of hydrogen-bond acceptors (Lipinski definition) is 2. The minimum Gasteiger partial charge on any atom is -0.508 e. The summed E-state index contributed by atoms with van der Waals surface area (Å²) >= 11 is 3.48. The van der Waals surface area contributed by atoms with Gasteiger partial charge in [-0.25, -0.2) is 0 Å². The zero-order chi connectivity index (χ0) is 15.7. The zero-order valence-electron chi connectivity index (χ0n) is 13.7. The van der Waals surface area contributed by atoms with Crippen molar-refractivity contribution < 1.29 is 5.11 Å². The van der Waals surface area contributed by atoms with Gasteiger partial charge in [0.05, 0.1) is 0 Å². The van der Waals surface area contributed by atoms with Crippen LogP contribution in [0.1, 0.15) is 70.9 Å². The number of nitrogens with one attached hydrogen (secondary N) is 1. The fourth-order valence-electron chi connectivity index (χ4n) is 2.59. The molecule has 0 saturated heterocycles. The second kappa shape index (κ2) is 10.2. The predicted molar refractivity (Wildman–Crippen MR) is 94.8 cm³/mol. The Kier molecular flexibility index (Phi) is 9.02. The number of aromatic hydroxyl groups is 1. The van der Waals surface area contributed by atoms with Crippen LogP contribution in [-0.4, -0.2) is 11.7 Å². The maximum atomic E-state index is 10.0. The van der Waals surface area contributed by atoms with Crippen molar-refractivity contribution in [2.45, 2.75) is 65.3 Å². The zero-order valence-corrected chi connectivity index (χ0v) is 15.2. The summed E-state index contributed by atoms with van der Waals surface area (Å²) in [5.41, 5.74) is 0.992. The van der Waals surface area contributed by atoms with Gasteiger partial charge in [0.15, 0.2) is 0 Å². The van der Waals surface area contributed by atoms with Gasteiger partial charge >= 0.3 is 0 Å². The molecule has 0 fully saturated rings. The van der Waals surface area contributed by atoms with Crippen molar-refractivity contribution in [1.82, 2.24) is 5.32 Å². The van der Waals surface area contributed by atoms with Crippen molar-refractivity contribution >= 4 is 15.9 Å². The fourth-order valence-corrected chi connectivity index (χ4v) is 2.96. The van der Waals surface area contributed by atoms with Crippen LogP contribution in [0.25, 0.3) is 0 Å². The lowest BCUT2D eigenvalue weighted by atomic mass is 10.0. The first kappa shape index (κ1) is 18.5. The van der Waals surface area contributed by atoms with Gasteiger partial charge in [0, 0.05) is 16.1 Å². The highest BCUT2D eigenvalue weighted by molar-refractivity contribution is 9.10.